The highest BCUT2D eigenvalue weighted by Crippen LogP contribution is 2.17. The van der Waals surface area contributed by atoms with Crippen LogP contribution in [0.3, 0.4) is 0 Å². The summed E-state index contributed by atoms with van der Waals surface area (Å²) in [5.74, 6) is 0.884. The van der Waals surface area contributed by atoms with Crippen LogP contribution in [0.1, 0.15) is 39.1 Å². The molecule has 1 amide bonds. The molecular formula is C21H23F2N5O2. The first-order chi connectivity index (χ1) is 14.4. The van der Waals surface area contributed by atoms with E-state index in [9.17, 15) is 13.6 Å². The van der Waals surface area contributed by atoms with Crippen LogP contribution in [-0.2, 0) is 26.1 Å². The van der Waals surface area contributed by atoms with Gasteiger partial charge in [-0.1, -0.05) is 12.1 Å². The van der Waals surface area contributed by atoms with E-state index in [0.717, 1.165) is 11.9 Å². The quantitative estimate of drug-likeness (QED) is 0.694. The number of fused-ring (bicyclic) bond motifs is 1. The third-order valence-corrected chi connectivity index (χ3v) is 5.31. The molecule has 0 atom stereocenters. The van der Waals surface area contributed by atoms with Crippen LogP contribution in [0.5, 0.6) is 0 Å². The summed E-state index contributed by atoms with van der Waals surface area (Å²) in [4.78, 5) is 14.5. The molecule has 0 spiro atoms. The molecule has 30 heavy (non-hydrogen) atoms. The van der Waals surface area contributed by atoms with Crippen molar-refractivity contribution in [1.82, 2.24) is 25.0 Å². The molecule has 4 rings (SSSR count). The molecule has 1 aliphatic heterocycles. The zero-order chi connectivity index (χ0) is 21.3. The van der Waals surface area contributed by atoms with E-state index in [1.54, 1.807) is 26.0 Å². The Morgan fingerprint density at radius 3 is 2.80 bits per heavy atom. The number of carbonyl (C=O) groups excluding carboxylic acids is 1. The number of halogens is 2. The first-order valence-electron chi connectivity index (χ1n) is 9.84. The lowest BCUT2D eigenvalue weighted by atomic mass is 10.2. The molecule has 9 heteroatoms. The van der Waals surface area contributed by atoms with Gasteiger partial charge in [0.05, 0.1) is 12.1 Å². The van der Waals surface area contributed by atoms with Crippen molar-refractivity contribution in [3.05, 3.63) is 70.2 Å². The highest BCUT2D eigenvalue weighted by Gasteiger charge is 2.21. The van der Waals surface area contributed by atoms with Crippen molar-refractivity contribution in [2.24, 2.45) is 0 Å². The van der Waals surface area contributed by atoms with E-state index >= 15 is 0 Å². The predicted molar refractivity (Wildman–Crippen MR) is 105 cm³/mol. The van der Waals surface area contributed by atoms with Gasteiger partial charge in [0.15, 0.2) is 17.5 Å². The van der Waals surface area contributed by atoms with E-state index in [4.69, 9.17) is 4.42 Å². The Bertz CT molecular complexity index is 1080. The SMILES string of the molecule is Cc1cc(C(=O)NCc2nnc3n2CCN(Cc2cccc(F)c2F)CC3)c(C)o1. The van der Waals surface area contributed by atoms with Crippen LogP contribution < -0.4 is 5.32 Å². The molecule has 0 aliphatic carbocycles. The molecule has 0 radical (unpaired) electrons. The maximum Gasteiger partial charge on any atom is 0.255 e. The fourth-order valence-corrected chi connectivity index (χ4v) is 3.74. The third kappa shape index (κ3) is 4.11. The number of nitrogens with zero attached hydrogens (tertiary/aromatic N) is 4. The average molecular weight is 415 g/mol. The van der Waals surface area contributed by atoms with Crippen molar-refractivity contribution in [3.63, 3.8) is 0 Å². The maximum atomic E-state index is 14.0. The minimum atomic E-state index is -0.833. The van der Waals surface area contributed by atoms with Crippen molar-refractivity contribution in [1.29, 1.82) is 0 Å². The average Bonchev–Trinajstić information content (AvgIpc) is 3.20. The van der Waals surface area contributed by atoms with Crippen LogP contribution in [0.25, 0.3) is 0 Å². The fraction of sp³-hybridized carbons (Fsp3) is 0.381. The molecule has 0 saturated carbocycles. The lowest BCUT2D eigenvalue weighted by molar-refractivity contribution is 0.0948. The van der Waals surface area contributed by atoms with Crippen molar-refractivity contribution in [2.75, 3.05) is 13.1 Å². The summed E-state index contributed by atoms with van der Waals surface area (Å²) in [7, 11) is 0. The van der Waals surface area contributed by atoms with Crippen LogP contribution in [-0.4, -0.2) is 38.7 Å². The van der Waals surface area contributed by atoms with Crippen molar-refractivity contribution < 1.29 is 18.0 Å². The highest BCUT2D eigenvalue weighted by atomic mass is 19.2. The fourth-order valence-electron chi connectivity index (χ4n) is 3.74. The standard InChI is InChI=1S/C21H23F2N5O2/c1-13-10-16(14(2)30-13)21(29)24-11-19-26-25-18-6-7-27(8-9-28(18)19)12-15-4-3-5-17(22)20(15)23/h3-5,10H,6-9,11-12H2,1-2H3,(H,24,29). The smallest absolute Gasteiger partial charge is 0.255 e. The molecule has 158 valence electrons. The number of benzene rings is 1. The molecule has 0 unspecified atom stereocenters. The lowest BCUT2D eigenvalue weighted by Crippen LogP contribution is -2.28. The summed E-state index contributed by atoms with van der Waals surface area (Å²) < 4.78 is 34.9. The molecule has 3 heterocycles. The monoisotopic (exact) mass is 415 g/mol. The number of hydrogen-bond donors (Lipinski definition) is 1. The van der Waals surface area contributed by atoms with Gasteiger partial charge in [-0.2, -0.15) is 0 Å². The summed E-state index contributed by atoms with van der Waals surface area (Å²) in [5, 5.41) is 11.3. The van der Waals surface area contributed by atoms with Gasteiger partial charge >= 0.3 is 0 Å². The first-order valence-corrected chi connectivity index (χ1v) is 9.84. The molecule has 2 aromatic heterocycles. The number of aryl methyl sites for hydroxylation is 2. The minimum absolute atomic E-state index is 0.224. The maximum absolute atomic E-state index is 14.0. The molecule has 3 aromatic rings. The molecule has 7 nitrogen and oxygen atoms in total. The van der Waals surface area contributed by atoms with Crippen LogP contribution in [0.15, 0.2) is 28.7 Å². The van der Waals surface area contributed by atoms with Gasteiger partial charge in [0.25, 0.3) is 5.91 Å². The van der Waals surface area contributed by atoms with E-state index in [-0.39, 0.29) is 12.5 Å². The van der Waals surface area contributed by atoms with Gasteiger partial charge in [0, 0.05) is 38.2 Å². The Morgan fingerprint density at radius 2 is 2.03 bits per heavy atom. The summed E-state index contributed by atoms with van der Waals surface area (Å²) in [6, 6.07) is 5.95. The van der Waals surface area contributed by atoms with Gasteiger partial charge in [0.1, 0.15) is 17.3 Å². The second-order valence-corrected chi connectivity index (χ2v) is 7.43. The number of aromatic nitrogens is 3. The van der Waals surface area contributed by atoms with Crippen molar-refractivity contribution in [2.45, 2.75) is 39.9 Å². The number of nitrogens with one attached hydrogen (secondary N) is 1. The number of furan rings is 1. The van der Waals surface area contributed by atoms with E-state index in [1.165, 1.54) is 6.07 Å². The molecule has 0 saturated heterocycles. The number of amides is 1. The normalized spacial score (nSPS) is 14.4. The Hall–Kier alpha value is -3.07. The van der Waals surface area contributed by atoms with E-state index < -0.39 is 11.6 Å². The Balaban J connectivity index is 1.40. The van der Waals surface area contributed by atoms with Gasteiger partial charge in [-0.3, -0.25) is 9.69 Å². The Morgan fingerprint density at radius 1 is 1.20 bits per heavy atom. The van der Waals surface area contributed by atoms with Crippen LogP contribution in [0.4, 0.5) is 8.78 Å². The number of carbonyl (C=O) groups is 1. The summed E-state index contributed by atoms with van der Waals surface area (Å²) >= 11 is 0. The molecule has 0 fully saturated rings. The predicted octanol–water partition coefficient (Wildman–Crippen LogP) is 2.75. The second-order valence-electron chi connectivity index (χ2n) is 7.43. The molecule has 1 aromatic carbocycles. The van der Waals surface area contributed by atoms with Gasteiger partial charge < -0.3 is 14.3 Å². The van der Waals surface area contributed by atoms with E-state index in [2.05, 4.69) is 20.4 Å². The van der Waals surface area contributed by atoms with Gasteiger partial charge in [-0.05, 0) is 26.0 Å². The van der Waals surface area contributed by atoms with Crippen LogP contribution in [0.2, 0.25) is 0 Å². The summed E-state index contributed by atoms with van der Waals surface area (Å²) in [6.45, 7) is 6.02. The highest BCUT2D eigenvalue weighted by molar-refractivity contribution is 5.95. The summed E-state index contributed by atoms with van der Waals surface area (Å²) in [6.07, 6.45) is 0.637. The third-order valence-electron chi connectivity index (χ3n) is 5.31. The van der Waals surface area contributed by atoms with Crippen LogP contribution in [0, 0.1) is 25.5 Å². The lowest BCUT2D eigenvalue weighted by Gasteiger charge is -2.20. The van der Waals surface area contributed by atoms with E-state index in [0.29, 0.717) is 61.1 Å². The van der Waals surface area contributed by atoms with Gasteiger partial charge in [-0.25, -0.2) is 8.78 Å². The van der Waals surface area contributed by atoms with E-state index in [1.807, 2.05) is 4.57 Å². The van der Waals surface area contributed by atoms with Gasteiger partial charge in [-0.15, -0.1) is 10.2 Å². The first kappa shape index (κ1) is 20.2. The topological polar surface area (TPSA) is 76.2 Å². The Labute approximate surface area is 172 Å². The Kier molecular flexibility index (Phi) is 5.63. The zero-order valence-electron chi connectivity index (χ0n) is 16.9. The largest absolute Gasteiger partial charge is 0.466 e. The van der Waals surface area contributed by atoms with Crippen LogP contribution >= 0.6 is 0 Å². The molecule has 1 N–H and O–H groups in total. The molecule has 0 bridgehead atoms. The number of rotatable bonds is 5. The molecular weight excluding hydrogens is 392 g/mol. The summed E-state index contributed by atoms with van der Waals surface area (Å²) in [5.41, 5.74) is 0.845. The van der Waals surface area contributed by atoms with Gasteiger partial charge in [0.2, 0.25) is 0 Å². The molecule has 1 aliphatic rings. The zero-order valence-corrected chi connectivity index (χ0v) is 16.9. The number of hydrogen-bond acceptors (Lipinski definition) is 5. The minimum Gasteiger partial charge on any atom is -0.466 e. The van der Waals surface area contributed by atoms with Crippen molar-refractivity contribution in [3.8, 4) is 0 Å². The second kappa shape index (κ2) is 8.35. The van der Waals surface area contributed by atoms with Crippen molar-refractivity contribution >= 4 is 5.91 Å².